The third kappa shape index (κ3) is 5.39. The van der Waals surface area contributed by atoms with Gasteiger partial charge in [0.05, 0.1) is 0 Å². The largest absolute Gasteiger partial charge is 0.406 e. The number of halogens is 3. The van der Waals surface area contributed by atoms with Gasteiger partial charge in [-0.05, 0) is 31.7 Å². The molecular formula is C11H19F3N2O. The lowest BCUT2D eigenvalue weighted by molar-refractivity contribution is -0.162. The number of amides is 1. The molecule has 1 rings (SSSR count). The number of hydrogen-bond donors (Lipinski definition) is 1. The summed E-state index contributed by atoms with van der Waals surface area (Å²) in [6, 6.07) is -0.197. The van der Waals surface area contributed by atoms with E-state index in [1.807, 2.05) is 6.92 Å². The Hall–Kier alpha value is -0.780. The fourth-order valence-corrected chi connectivity index (χ4v) is 1.63. The highest BCUT2D eigenvalue weighted by molar-refractivity contribution is 5.76. The van der Waals surface area contributed by atoms with E-state index in [-0.39, 0.29) is 18.4 Å². The third-order valence-electron chi connectivity index (χ3n) is 2.91. The fourth-order valence-electron chi connectivity index (χ4n) is 1.63. The van der Waals surface area contributed by atoms with Gasteiger partial charge in [0.15, 0.2) is 0 Å². The molecule has 0 radical (unpaired) electrons. The third-order valence-corrected chi connectivity index (χ3v) is 2.91. The van der Waals surface area contributed by atoms with Crippen molar-refractivity contribution in [2.75, 3.05) is 13.1 Å². The Morgan fingerprint density at radius 1 is 1.47 bits per heavy atom. The molecule has 0 aromatic rings. The van der Waals surface area contributed by atoms with Crippen molar-refractivity contribution >= 4 is 5.91 Å². The number of alkyl halides is 3. The van der Waals surface area contributed by atoms with E-state index < -0.39 is 18.6 Å². The predicted octanol–water partition coefficient (Wildman–Crippen LogP) is 1.91. The molecule has 0 spiro atoms. The molecule has 2 N–H and O–H groups in total. The van der Waals surface area contributed by atoms with Gasteiger partial charge in [0.25, 0.3) is 0 Å². The minimum atomic E-state index is -4.31. The SMILES string of the molecule is CC(CN)CCC(=O)N(CC(F)(F)F)C1CC1. The topological polar surface area (TPSA) is 46.3 Å². The van der Waals surface area contributed by atoms with Crippen LogP contribution in [-0.2, 0) is 4.79 Å². The first-order valence-corrected chi connectivity index (χ1v) is 5.89. The monoisotopic (exact) mass is 252 g/mol. The van der Waals surface area contributed by atoms with E-state index in [4.69, 9.17) is 5.73 Å². The van der Waals surface area contributed by atoms with Gasteiger partial charge in [-0.15, -0.1) is 0 Å². The number of carbonyl (C=O) groups is 1. The molecule has 1 amide bonds. The zero-order valence-corrected chi connectivity index (χ0v) is 9.96. The molecule has 0 heterocycles. The van der Waals surface area contributed by atoms with Crippen LogP contribution >= 0.6 is 0 Å². The van der Waals surface area contributed by atoms with Crippen molar-refractivity contribution in [1.29, 1.82) is 0 Å². The molecule has 100 valence electrons. The van der Waals surface area contributed by atoms with Crippen LogP contribution < -0.4 is 5.73 Å². The van der Waals surface area contributed by atoms with Crippen LogP contribution in [0.15, 0.2) is 0 Å². The van der Waals surface area contributed by atoms with Crippen LogP contribution in [0.5, 0.6) is 0 Å². The average molecular weight is 252 g/mol. The highest BCUT2D eigenvalue weighted by Gasteiger charge is 2.40. The van der Waals surface area contributed by atoms with Gasteiger partial charge >= 0.3 is 6.18 Å². The summed E-state index contributed by atoms with van der Waals surface area (Å²) in [6.07, 6.45) is -2.22. The van der Waals surface area contributed by atoms with Crippen molar-refractivity contribution < 1.29 is 18.0 Å². The van der Waals surface area contributed by atoms with E-state index in [1.165, 1.54) is 0 Å². The quantitative estimate of drug-likeness (QED) is 0.785. The van der Waals surface area contributed by atoms with Crippen molar-refractivity contribution in [3.05, 3.63) is 0 Å². The van der Waals surface area contributed by atoms with Gasteiger partial charge in [-0.2, -0.15) is 13.2 Å². The Balaban J connectivity index is 2.44. The van der Waals surface area contributed by atoms with Crippen LogP contribution in [0.25, 0.3) is 0 Å². The molecule has 0 aliphatic heterocycles. The Morgan fingerprint density at radius 2 is 2.06 bits per heavy atom. The predicted molar refractivity (Wildman–Crippen MR) is 58.2 cm³/mol. The van der Waals surface area contributed by atoms with Crippen molar-refractivity contribution in [2.45, 2.75) is 44.8 Å². The van der Waals surface area contributed by atoms with Crippen LogP contribution in [0.2, 0.25) is 0 Å². The minimum Gasteiger partial charge on any atom is -0.331 e. The van der Waals surface area contributed by atoms with Gasteiger partial charge < -0.3 is 10.6 Å². The molecule has 1 aliphatic carbocycles. The maximum atomic E-state index is 12.3. The molecule has 17 heavy (non-hydrogen) atoms. The Labute approximate surface area is 99.1 Å². The zero-order chi connectivity index (χ0) is 13.1. The summed E-state index contributed by atoms with van der Waals surface area (Å²) in [5.41, 5.74) is 5.40. The molecule has 1 saturated carbocycles. The molecule has 1 aliphatic rings. The van der Waals surface area contributed by atoms with Gasteiger partial charge in [0.1, 0.15) is 6.54 Å². The first-order chi connectivity index (χ1) is 7.83. The highest BCUT2D eigenvalue weighted by Crippen LogP contribution is 2.30. The summed E-state index contributed by atoms with van der Waals surface area (Å²) in [4.78, 5) is 12.7. The van der Waals surface area contributed by atoms with E-state index in [0.717, 1.165) is 4.90 Å². The summed E-state index contributed by atoms with van der Waals surface area (Å²) in [7, 11) is 0. The summed E-state index contributed by atoms with van der Waals surface area (Å²) >= 11 is 0. The van der Waals surface area contributed by atoms with E-state index in [0.29, 0.717) is 25.8 Å². The van der Waals surface area contributed by atoms with E-state index in [1.54, 1.807) is 0 Å². The standard InChI is InChI=1S/C11H19F3N2O/c1-8(6-15)2-5-10(17)16(9-3-4-9)7-11(12,13)14/h8-9H,2-7,15H2,1H3. The van der Waals surface area contributed by atoms with Crippen LogP contribution in [-0.4, -0.2) is 36.1 Å². The van der Waals surface area contributed by atoms with Crippen molar-refractivity contribution in [3.8, 4) is 0 Å². The average Bonchev–Trinajstić information content (AvgIpc) is 3.04. The van der Waals surface area contributed by atoms with Crippen molar-refractivity contribution in [1.82, 2.24) is 4.90 Å². The highest BCUT2D eigenvalue weighted by atomic mass is 19.4. The maximum absolute atomic E-state index is 12.3. The summed E-state index contributed by atoms with van der Waals surface area (Å²) in [5.74, 6) is -0.226. The lowest BCUT2D eigenvalue weighted by Crippen LogP contribution is -2.40. The van der Waals surface area contributed by atoms with Gasteiger partial charge in [0.2, 0.25) is 5.91 Å². The fraction of sp³-hybridized carbons (Fsp3) is 0.909. The molecule has 0 saturated heterocycles. The van der Waals surface area contributed by atoms with Crippen LogP contribution in [0.3, 0.4) is 0 Å². The van der Waals surface area contributed by atoms with Crippen molar-refractivity contribution in [2.24, 2.45) is 11.7 Å². The van der Waals surface area contributed by atoms with E-state index >= 15 is 0 Å². The van der Waals surface area contributed by atoms with Crippen LogP contribution in [0, 0.1) is 5.92 Å². The van der Waals surface area contributed by atoms with E-state index in [2.05, 4.69) is 0 Å². The van der Waals surface area contributed by atoms with Crippen LogP contribution in [0.4, 0.5) is 13.2 Å². The van der Waals surface area contributed by atoms with Crippen molar-refractivity contribution in [3.63, 3.8) is 0 Å². The first kappa shape index (κ1) is 14.3. The first-order valence-electron chi connectivity index (χ1n) is 5.89. The molecule has 3 nitrogen and oxygen atoms in total. The lowest BCUT2D eigenvalue weighted by atomic mass is 10.1. The minimum absolute atomic E-state index is 0.158. The number of carbonyl (C=O) groups excluding carboxylic acids is 1. The number of hydrogen-bond acceptors (Lipinski definition) is 2. The summed E-state index contributed by atoms with van der Waals surface area (Å²) in [5, 5.41) is 0. The summed E-state index contributed by atoms with van der Waals surface area (Å²) in [6.45, 7) is 1.22. The van der Waals surface area contributed by atoms with Gasteiger partial charge in [0, 0.05) is 12.5 Å². The Bertz CT molecular complexity index is 264. The molecule has 0 aromatic heterocycles. The molecule has 1 unspecified atom stereocenters. The Morgan fingerprint density at radius 3 is 2.47 bits per heavy atom. The lowest BCUT2D eigenvalue weighted by Gasteiger charge is -2.24. The molecular weight excluding hydrogens is 233 g/mol. The van der Waals surface area contributed by atoms with E-state index in [9.17, 15) is 18.0 Å². The molecule has 0 aromatic carbocycles. The van der Waals surface area contributed by atoms with Crippen LogP contribution in [0.1, 0.15) is 32.6 Å². The number of nitrogens with two attached hydrogens (primary N) is 1. The molecule has 1 atom stereocenters. The maximum Gasteiger partial charge on any atom is 0.406 e. The second kappa shape index (κ2) is 5.71. The molecule has 6 heteroatoms. The second-order valence-electron chi connectivity index (χ2n) is 4.75. The van der Waals surface area contributed by atoms with Gasteiger partial charge in [-0.3, -0.25) is 4.79 Å². The number of rotatable bonds is 6. The second-order valence-corrected chi connectivity index (χ2v) is 4.75. The smallest absolute Gasteiger partial charge is 0.331 e. The number of nitrogens with zero attached hydrogens (tertiary/aromatic N) is 1. The normalized spacial score (nSPS) is 17.9. The molecule has 0 bridgehead atoms. The van der Waals surface area contributed by atoms with Gasteiger partial charge in [-0.25, -0.2) is 0 Å². The molecule has 1 fully saturated rings. The summed E-state index contributed by atoms with van der Waals surface area (Å²) < 4.78 is 36.9. The Kier molecular flexibility index (Phi) is 4.80. The van der Waals surface area contributed by atoms with Gasteiger partial charge in [-0.1, -0.05) is 6.92 Å². The zero-order valence-electron chi connectivity index (χ0n) is 9.96.